The smallest absolute Gasteiger partial charge is 0.274 e. The Balaban J connectivity index is 1.96. The zero-order valence-electron chi connectivity index (χ0n) is 13.1. The van der Waals surface area contributed by atoms with Crippen LogP contribution in [0.15, 0.2) is 41.3 Å². The highest BCUT2D eigenvalue weighted by Gasteiger charge is 2.43. The van der Waals surface area contributed by atoms with E-state index in [0.717, 1.165) is 16.9 Å². The van der Waals surface area contributed by atoms with Crippen LogP contribution in [0.1, 0.15) is 17.5 Å². The molecule has 0 spiro atoms. The molecule has 0 bridgehead atoms. The molecule has 0 saturated carbocycles. The van der Waals surface area contributed by atoms with Gasteiger partial charge in [-0.15, -0.1) is 0 Å². The molecule has 0 saturated heterocycles. The standard InChI is InChI=1S/C17H19N3O3/c1-20-10-4-6-13(15(20)21)19-16(22)17(18)9-8-11-12(17)5-3-7-14(11)23-2/h3-7,10H,8-9,18H2,1-2H3,(H,19,22). The highest BCUT2D eigenvalue weighted by atomic mass is 16.5. The Morgan fingerprint density at radius 3 is 2.87 bits per heavy atom. The largest absolute Gasteiger partial charge is 0.496 e. The van der Waals surface area contributed by atoms with Crippen LogP contribution in [-0.2, 0) is 23.8 Å². The van der Waals surface area contributed by atoms with Crippen LogP contribution in [-0.4, -0.2) is 17.6 Å². The number of methoxy groups -OCH3 is 1. The van der Waals surface area contributed by atoms with Crippen LogP contribution in [0.5, 0.6) is 5.75 Å². The summed E-state index contributed by atoms with van der Waals surface area (Å²) in [6, 6.07) is 8.79. The summed E-state index contributed by atoms with van der Waals surface area (Å²) in [7, 11) is 3.23. The van der Waals surface area contributed by atoms with Crippen LogP contribution in [0.2, 0.25) is 0 Å². The third-order valence-corrected chi connectivity index (χ3v) is 4.38. The van der Waals surface area contributed by atoms with Crippen LogP contribution in [0.25, 0.3) is 0 Å². The number of aromatic nitrogens is 1. The van der Waals surface area contributed by atoms with Gasteiger partial charge in [0.25, 0.3) is 5.56 Å². The van der Waals surface area contributed by atoms with Crippen molar-refractivity contribution >= 4 is 11.6 Å². The number of ether oxygens (including phenoxy) is 1. The van der Waals surface area contributed by atoms with E-state index in [2.05, 4.69) is 5.32 Å². The average Bonchev–Trinajstić information content (AvgIpc) is 2.90. The molecule has 1 unspecified atom stereocenters. The number of anilines is 1. The fourth-order valence-electron chi connectivity index (χ4n) is 3.05. The van der Waals surface area contributed by atoms with E-state index in [1.165, 1.54) is 4.57 Å². The van der Waals surface area contributed by atoms with Crippen LogP contribution in [0.3, 0.4) is 0 Å². The Hall–Kier alpha value is -2.60. The third kappa shape index (κ3) is 2.41. The van der Waals surface area contributed by atoms with Gasteiger partial charge in [-0.25, -0.2) is 0 Å². The lowest BCUT2D eigenvalue weighted by atomic mass is 9.91. The fraction of sp³-hybridized carbons (Fsp3) is 0.294. The Bertz CT molecular complexity index is 828. The number of fused-ring (bicyclic) bond motifs is 1. The predicted octanol–water partition coefficient (Wildman–Crippen LogP) is 1.13. The number of aryl methyl sites for hydroxylation is 1. The van der Waals surface area contributed by atoms with Crippen molar-refractivity contribution in [2.24, 2.45) is 12.8 Å². The van der Waals surface area contributed by atoms with E-state index < -0.39 is 5.54 Å². The first-order valence-electron chi connectivity index (χ1n) is 7.39. The van der Waals surface area contributed by atoms with Crippen molar-refractivity contribution in [3.05, 3.63) is 58.0 Å². The average molecular weight is 313 g/mol. The molecule has 0 radical (unpaired) electrons. The van der Waals surface area contributed by atoms with Crippen molar-refractivity contribution in [1.29, 1.82) is 0 Å². The van der Waals surface area contributed by atoms with E-state index in [-0.39, 0.29) is 17.2 Å². The summed E-state index contributed by atoms with van der Waals surface area (Å²) in [5.74, 6) is 0.353. The van der Waals surface area contributed by atoms with E-state index in [1.54, 1.807) is 32.5 Å². The van der Waals surface area contributed by atoms with Gasteiger partial charge in [0.2, 0.25) is 5.91 Å². The van der Waals surface area contributed by atoms with Crippen LogP contribution < -0.4 is 21.3 Å². The molecule has 0 aliphatic heterocycles. The maximum Gasteiger partial charge on any atom is 0.274 e. The first-order valence-corrected chi connectivity index (χ1v) is 7.39. The Morgan fingerprint density at radius 2 is 2.13 bits per heavy atom. The first kappa shape index (κ1) is 15.3. The molecule has 1 aromatic carbocycles. The lowest BCUT2D eigenvalue weighted by molar-refractivity contribution is -0.121. The minimum Gasteiger partial charge on any atom is -0.496 e. The zero-order valence-corrected chi connectivity index (χ0v) is 13.1. The van der Waals surface area contributed by atoms with Gasteiger partial charge in [-0.05, 0) is 42.2 Å². The van der Waals surface area contributed by atoms with Gasteiger partial charge in [-0.2, -0.15) is 0 Å². The van der Waals surface area contributed by atoms with Gasteiger partial charge in [0.1, 0.15) is 17.0 Å². The summed E-state index contributed by atoms with van der Waals surface area (Å²) in [5, 5.41) is 2.67. The molecule has 1 heterocycles. The number of nitrogens with one attached hydrogen (secondary N) is 1. The fourth-order valence-corrected chi connectivity index (χ4v) is 3.05. The minimum atomic E-state index is -1.16. The minimum absolute atomic E-state index is 0.223. The Labute approximate surface area is 133 Å². The Morgan fingerprint density at radius 1 is 1.35 bits per heavy atom. The molecule has 1 aromatic heterocycles. The highest BCUT2D eigenvalue weighted by molar-refractivity contribution is 5.99. The second-order valence-corrected chi connectivity index (χ2v) is 5.75. The van der Waals surface area contributed by atoms with Crippen LogP contribution in [0.4, 0.5) is 5.69 Å². The second kappa shape index (κ2) is 5.55. The Kier molecular flexibility index (Phi) is 3.69. The summed E-state index contributed by atoms with van der Waals surface area (Å²) >= 11 is 0. The molecule has 2 aromatic rings. The number of rotatable bonds is 3. The van der Waals surface area contributed by atoms with E-state index in [0.29, 0.717) is 12.8 Å². The van der Waals surface area contributed by atoms with E-state index in [1.807, 2.05) is 18.2 Å². The normalized spacial score (nSPS) is 19.3. The van der Waals surface area contributed by atoms with Gasteiger partial charge in [0.15, 0.2) is 0 Å². The van der Waals surface area contributed by atoms with Crippen molar-refractivity contribution < 1.29 is 9.53 Å². The number of carbonyl (C=O) groups is 1. The van der Waals surface area contributed by atoms with Gasteiger partial charge < -0.3 is 20.4 Å². The SMILES string of the molecule is COc1cccc2c1CCC2(N)C(=O)Nc1cccn(C)c1=O. The molecule has 3 N–H and O–H groups in total. The molecular weight excluding hydrogens is 294 g/mol. The molecule has 120 valence electrons. The van der Waals surface area contributed by atoms with E-state index in [9.17, 15) is 9.59 Å². The molecule has 3 rings (SSSR count). The monoisotopic (exact) mass is 313 g/mol. The number of pyridine rings is 1. The number of hydrogen-bond donors (Lipinski definition) is 2. The molecule has 0 fully saturated rings. The molecule has 6 nitrogen and oxygen atoms in total. The van der Waals surface area contributed by atoms with E-state index in [4.69, 9.17) is 10.5 Å². The van der Waals surface area contributed by atoms with Crippen molar-refractivity contribution in [2.45, 2.75) is 18.4 Å². The van der Waals surface area contributed by atoms with E-state index >= 15 is 0 Å². The number of nitrogens with two attached hydrogens (primary N) is 1. The number of amides is 1. The van der Waals surface area contributed by atoms with Crippen molar-refractivity contribution in [3.63, 3.8) is 0 Å². The molecule has 1 aliphatic rings. The summed E-state index contributed by atoms with van der Waals surface area (Å²) in [4.78, 5) is 24.8. The van der Waals surface area contributed by atoms with Crippen LogP contribution >= 0.6 is 0 Å². The second-order valence-electron chi connectivity index (χ2n) is 5.75. The lowest BCUT2D eigenvalue weighted by Gasteiger charge is -2.24. The van der Waals surface area contributed by atoms with Gasteiger partial charge in [-0.3, -0.25) is 9.59 Å². The number of hydrogen-bond acceptors (Lipinski definition) is 4. The van der Waals surface area contributed by atoms with Crippen molar-refractivity contribution in [1.82, 2.24) is 4.57 Å². The number of carbonyl (C=O) groups excluding carboxylic acids is 1. The third-order valence-electron chi connectivity index (χ3n) is 4.38. The molecule has 6 heteroatoms. The molecule has 23 heavy (non-hydrogen) atoms. The summed E-state index contributed by atoms with van der Waals surface area (Å²) in [6.45, 7) is 0. The van der Waals surface area contributed by atoms with Crippen molar-refractivity contribution in [2.75, 3.05) is 12.4 Å². The maximum atomic E-state index is 12.7. The lowest BCUT2D eigenvalue weighted by Crippen LogP contribution is -2.47. The molecule has 1 atom stereocenters. The first-order chi connectivity index (χ1) is 11.0. The summed E-state index contributed by atoms with van der Waals surface area (Å²) in [5.41, 5.74) is 6.89. The number of nitrogens with zero attached hydrogens (tertiary/aromatic N) is 1. The van der Waals surface area contributed by atoms with Gasteiger partial charge in [-0.1, -0.05) is 12.1 Å². The maximum absolute atomic E-state index is 12.7. The zero-order chi connectivity index (χ0) is 16.6. The predicted molar refractivity (Wildman–Crippen MR) is 87.5 cm³/mol. The van der Waals surface area contributed by atoms with Gasteiger partial charge in [0, 0.05) is 13.2 Å². The quantitative estimate of drug-likeness (QED) is 0.889. The van der Waals surface area contributed by atoms with Gasteiger partial charge in [0.05, 0.1) is 7.11 Å². The number of benzene rings is 1. The topological polar surface area (TPSA) is 86.3 Å². The molecule has 1 aliphatic carbocycles. The van der Waals surface area contributed by atoms with Crippen molar-refractivity contribution in [3.8, 4) is 5.75 Å². The summed E-state index contributed by atoms with van der Waals surface area (Å²) in [6.07, 6.45) is 2.77. The highest BCUT2D eigenvalue weighted by Crippen LogP contribution is 2.40. The van der Waals surface area contributed by atoms with Crippen LogP contribution in [0, 0.1) is 0 Å². The summed E-state index contributed by atoms with van der Waals surface area (Å²) < 4.78 is 6.75. The molecule has 1 amide bonds. The molecular formula is C17H19N3O3. The van der Waals surface area contributed by atoms with Gasteiger partial charge >= 0.3 is 0 Å².